The van der Waals surface area contributed by atoms with Gasteiger partial charge in [0.15, 0.2) is 11.6 Å². The molecule has 1 amide bonds. The number of carbonyl (C=O) groups excluding carboxylic acids is 4. The van der Waals surface area contributed by atoms with Crippen molar-refractivity contribution in [1.82, 2.24) is 4.90 Å². The lowest BCUT2D eigenvalue weighted by Crippen LogP contribution is -2.70. The maximum Gasteiger partial charge on any atom is 0.316 e. The molecule has 0 aliphatic carbocycles. The number of esters is 1. The summed E-state index contributed by atoms with van der Waals surface area (Å²) in [7, 11) is 2.80. The average Bonchev–Trinajstić information content (AvgIpc) is 3.27. The average molecular weight is 518 g/mol. The first-order valence-electron chi connectivity index (χ1n) is 12.5. The number of methoxy groups -OCH3 is 1. The van der Waals surface area contributed by atoms with Gasteiger partial charge in [0.1, 0.15) is 29.5 Å². The van der Waals surface area contributed by atoms with E-state index in [4.69, 9.17) is 18.9 Å². The Morgan fingerprint density at radius 2 is 1.86 bits per heavy atom. The van der Waals surface area contributed by atoms with E-state index in [0.717, 1.165) is 5.57 Å². The number of aliphatic hydroxyl groups excluding tert-OH is 1. The summed E-state index contributed by atoms with van der Waals surface area (Å²) in [5.74, 6) is -5.26. The number of allylic oxidation sites excluding steroid dienone is 3. The van der Waals surface area contributed by atoms with E-state index in [1.54, 1.807) is 19.9 Å². The molecular formula is C27H35NO9. The van der Waals surface area contributed by atoms with Gasteiger partial charge in [0.2, 0.25) is 5.79 Å². The lowest BCUT2D eigenvalue weighted by atomic mass is 9.74. The van der Waals surface area contributed by atoms with E-state index in [-0.39, 0.29) is 35.5 Å². The SMILES string of the molecule is COC(=O)C1C(C)OC2C(C)C(=O)C3OC21OC(C(C)C=C(C)C=CC(O)=C1C(=O)CN(C)C1=O)C3C. The van der Waals surface area contributed by atoms with Crippen molar-refractivity contribution in [3.63, 3.8) is 0 Å². The van der Waals surface area contributed by atoms with Crippen molar-refractivity contribution in [2.45, 2.75) is 64.8 Å². The highest BCUT2D eigenvalue weighted by Gasteiger charge is 2.71. The van der Waals surface area contributed by atoms with Gasteiger partial charge in [0.05, 0.1) is 25.9 Å². The summed E-state index contributed by atoms with van der Waals surface area (Å²) in [6.07, 6.45) is 2.29. The highest BCUT2D eigenvalue weighted by Crippen LogP contribution is 2.53. The molecule has 4 aliphatic rings. The van der Waals surface area contributed by atoms with Gasteiger partial charge < -0.3 is 29.0 Å². The Balaban J connectivity index is 1.61. The predicted molar refractivity (Wildman–Crippen MR) is 130 cm³/mol. The third kappa shape index (κ3) is 4.34. The van der Waals surface area contributed by atoms with Crippen molar-refractivity contribution in [1.29, 1.82) is 0 Å². The van der Waals surface area contributed by atoms with Crippen LogP contribution in [0.4, 0.5) is 0 Å². The monoisotopic (exact) mass is 517 g/mol. The van der Waals surface area contributed by atoms with Gasteiger partial charge in [-0.05, 0) is 19.9 Å². The summed E-state index contributed by atoms with van der Waals surface area (Å²) >= 11 is 0. The van der Waals surface area contributed by atoms with E-state index in [2.05, 4.69) is 0 Å². The summed E-state index contributed by atoms with van der Waals surface area (Å²) in [6.45, 7) is 9.09. The number of carbonyl (C=O) groups is 4. The molecule has 4 heterocycles. The summed E-state index contributed by atoms with van der Waals surface area (Å²) in [6, 6.07) is 0. The minimum absolute atomic E-state index is 0.0625. The zero-order valence-electron chi connectivity index (χ0n) is 22.2. The molecule has 0 aromatic carbocycles. The summed E-state index contributed by atoms with van der Waals surface area (Å²) in [5.41, 5.74) is 0.517. The zero-order valence-corrected chi connectivity index (χ0v) is 22.2. The second kappa shape index (κ2) is 9.81. The van der Waals surface area contributed by atoms with Crippen LogP contribution in [-0.4, -0.2) is 84.4 Å². The van der Waals surface area contributed by atoms with Gasteiger partial charge in [-0.25, -0.2) is 0 Å². The second-order valence-electron chi connectivity index (χ2n) is 10.6. The highest BCUT2D eigenvalue weighted by molar-refractivity contribution is 6.25. The minimum atomic E-state index is -1.44. The van der Waals surface area contributed by atoms with Gasteiger partial charge in [0, 0.05) is 24.8 Å². The molecule has 4 saturated heterocycles. The van der Waals surface area contributed by atoms with Gasteiger partial charge in [-0.2, -0.15) is 0 Å². The zero-order chi connectivity index (χ0) is 27.4. The Morgan fingerprint density at radius 3 is 2.46 bits per heavy atom. The number of likely N-dealkylation sites (tertiary alicyclic amines) is 1. The molecule has 4 fully saturated rings. The standard InChI is InChI=1S/C27H35NO9/c1-12(8-9-17(29)19-18(30)11-28(6)25(19)32)10-13(2)22-15(4)23-21(31)14(3)24-27(36-22,37-23)20(16(5)35-24)26(33)34-7/h8-10,13-16,20,22-24,29H,11H2,1-7H3. The van der Waals surface area contributed by atoms with Crippen LogP contribution in [0.1, 0.15) is 34.6 Å². The fraction of sp³-hybridized carbons (Fsp3) is 0.630. The van der Waals surface area contributed by atoms with E-state index in [0.29, 0.717) is 0 Å². The number of likely N-dealkylation sites (N-methyl/N-ethyl adjacent to an activating group) is 1. The smallest absolute Gasteiger partial charge is 0.316 e. The van der Waals surface area contributed by atoms with Crippen molar-refractivity contribution in [3.05, 3.63) is 35.1 Å². The number of rotatable bonds is 5. The molecule has 4 aliphatic heterocycles. The lowest BCUT2D eigenvalue weighted by Gasteiger charge is -2.54. The van der Waals surface area contributed by atoms with Crippen LogP contribution in [0.3, 0.4) is 0 Å². The van der Waals surface area contributed by atoms with Crippen molar-refractivity contribution >= 4 is 23.4 Å². The lowest BCUT2D eigenvalue weighted by molar-refractivity contribution is -0.373. The Morgan fingerprint density at radius 1 is 1.19 bits per heavy atom. The van der Waals surface area contributed by atoms with Gasteiger partial charge in [-0.1, -0.05) is 38.5 Å². The molecule has 0 saturated carbocycles. The third-order valence-corrected chi connectivity index (χ3v) is 7.95. The van der Waals surface area contributed by atoms with Gasteiger partial charge in [0.25, 0.3) is 5.91 Å². The third-order valence-electron chi connectivity index (χ3n) is 7.95. The first kappa shape index (κ1) is 27.2. The molecule has 2 bridgehead atoms. The number of ether oxygens (including phenoxy) is 4. The van der Waals surface area contributed by atoms with Crippen molar-refractivity contribution < 1.29 is 43.2 Å². The van der Waals surface area contributed by atoms with Crippen LogP contribution in [0.25, 0.3) is 0 Å². The maximum atomic E-state index is 13.2. The minimum Gasteiger partial charge on any atom is -0.507 e. The van der Waals surface area contributed by atoms with Gasteiger partial charge in [-0.15, -0.1) is 0 Å². The number of nitrogens with zero attached hydrogens (tertiary/aromatic N) is 1. The van der Waals surface area contributed by atoms with Gasteiger partial charge in [-0.3, -0.25) is 19.2 Å². The molecule has 9 unspecified atom stereocenters. The molecule has 10 heteroatoms. The van der Waals surface area contributed by atoms with Gasteiger partial charge >= 0.3 is 5.97 Å². The molecule has 37 heavy (non-hydrogen) atoms. The van der Waals surface area contributed by atoms with E-state index < -0.39 is 59.7 Å². The first-order chi connectivity index (χ1) is 17.3. The Bertz CT molecular complexity index is 1110. The molecule has 1 N–H and O–H groups in total. The van der Waals surface area contributed by atoms with Crippen molar-refractivity contribution in [2.75, 3.05) is 20.7 Å². The molecule has 0 aromatic rings. The topological polar surface area (TPSA) is 129 Å². The normalized spacial score (nSPS) is 40.3. The molecule has 0 aromatic heterocycles. The fourth-order valence-electron chi connectivity index (χ4n) is 6.06. The van der Waals surface area contributed by atoms with E-state index >= 15 is 0 Å². The molecule has 9 atom stereocenters. The first-order valence-corrected chi connectivity index (χ1v) is 12.5. The summed E-state index contributed by atoms with van der Waals surface area (Å²) in [4.78, 5) is 51.4. The number of hydrogen-bond donors (Lipinski definition) is 1. The fourth-order valence-corrected chi connectivity index (χ4v) is 6.06. The van der Waals surface area contributed by atoms with Crippen LogP contribution in [-0.2, 0) is 38.1 Å². The number of ketones is 2. The number of Topliss-reactive ketones (excluding diaryl/α,β-unsaturated/α-hetero) is 2. The van der Waals surface area contributed by atoms with Crippen LogP contribution < -0.4 is 0 Å². The van der Waals surface area contributed by atoms with Crippen LogP contribution in [0.5, 0.6) is 0 Å². The molecule has 4 rings (SSSR count). The molecule has 10 nitrogen and oxygen atoms in total. The maximum absolute atomic E-state index is 13.2. The second-order valence-corrected chi connectivity index (χ2v) is 10.6. The molecular weight excluding hydrogens is 482 g/mol. The van der Waals surface area contributed by atoms with E-state index in [1.807, 2.05) is 26.8 Å². The number of amides is 1. The highest BCUT2D eigenvalue weighted by atomic mass is 16.8. The van der Waals surface area contributed by atoms with Crippen LogP contribution >= 0.6 is 0 Å². The Hall–Kier alpha value is -2.82. The number of hydrogen-bond acceptors (Lipinski definition) is 9. The van der Waals surface area contributed by atoms with Crippen molar-refractivity contribution in [2.24, 2.45) is 23.7 Å². The summed E-state index contributed by atoms with van der Waals surface area (Å²) < 4.78 is 23.9. The predicted octanol–water partition coefficient (Wildman–Crippen LogP) is 1.89. The van der Waals surface area contributed by atoms with E-state index in [9.17, 15) is 24.3 Å². The quantitative estimate of drug-likeness (QED) is 0.191. The number of aliphatic hydroxyl groups is 1. The molecule has 1 spiro atoms. The number of fused-ring (bicyclic) bond motifs is 1. The van der Waals surface area contributed by atoms with Crippen LogP contribution in [0.15, 0.2) is 35.1 Å². The van der Waals surface area contributed by atoms with Crippen LogP contribution in [0.2, 0.25) is 0 Å². The van der Waals surface area contributed by atoms with Crippen molar-refractivity contribution in [3.8, 4) is 0 Å². The Kier molecular flexibility index (Phi) is 7.22. The molecule has 202 valence electrons. The van der Waals surface area contributed by atoms with E-state index in [1.165, 1.54) is 25.1 Å². The molecule has 0 radical (unpaired) electrons. The van der Waals surface area contributed by atoms with Crippen LogP contribution in [0, 0.1) is 23.7 Å². The Labute approximate surface area is 216 Å². The summed E-state index contributed by atoms with van der Waals surface area (Å²) in [5, 5.41) is 10.3. The largest absolute Gasteiger partial charge is 0.507 e.